The maximum atomic E-state index is 6.04. The van der Waals surface area contributed by atoms with Crippen LogP contribution in [0.1, 0.15) is 10.4 Å². The Morgan fingerprint density at radius 1 is 0.968 bits per heavy atom. The minimum absolute atomic E-state index is 0.740. The molecule has 31 heavy (non-hydrogen) atoms. The van der Waals surface area contributed by atoms with Crippen LogP contribution in [0.25, 0.3) is 26.9 Å². The molecule has 2 heterocycles. The van der Waals surface area contributed by atoms with E-state index in [9.17, 15) is 0 Å². The maximum Gasteiger partial charge on any atom is 0.100 e. The van der Waals surface area contributed by atoms with E-state index in [1.165, 1.54) is 16.3 Å². The number of anilines is 1. The van der Waals surface area contributed by atoms with Gasteiger partial charge in [0.2, 0.25) is 0 Å². The van der Waals surface area contributed by atoms with Crippen LogP contribution in [-0.4, -0.2) is 25.3 Å². The summed E-state index contributed by atoms with van der Waals surface area (Å²) in [6.07, 6.45) is 1.87. The average Bonchev–Trinajstić information content (AvgIpc) is 3.19. The van der Waals surface area contributed by atoms with Gasteiger partial charge in [-0.05, 0) is 72.4 Å². The average molecular weight is 444 g/mol. The van der Waals surface area contributed by atoms with Crippen LogP contribution in [0.15, 0.2) is 78.3 Å². The Bertz CT molecular complexity index is 1320. The molecule has 0 saturated carbocycles. The summed E-state index contributed by atoms with van der Waals surface area (Å²) in [5.41, 5.74) is 5.42. The highest BCUT2D eigenvalue weighted by molar-refractivity contribution is 7.17. The lowest BCUT2D eigenvalue weighted by molar-refractivity contribution is 0.403. The standard InChI is InChI=1S/C26H22ClN3S/c1-17-26-24(14-25(31-26)19-6-9-22(27)10-7-19)28-16-30(17)23-11-8-20-12-18(15-29(2)3)4-5-21(20)13-23/h4-14,16H,1,15H2,2-3H3. The third-order valence-electron chi connectivity index (χ3n) is 5.37. The van der Waals surface area contributed by atoms with Crippen molar-refractivity contribution in [1.29, 1.82) is 0 Å². The number of nitrogens with zero attached hydrogens (tertiary/aromatic N) is 3. The smallest absolute Gasteiger partial charge is 0.100 e. The molecule has 4 aromatic rings. The van der Waals surface area contributed by atoms with Crippen molar-refractivity contribution >= 4 is 57.1 Å². The summed E-state index contributed by atoms with van der Waals surface area (Å²) in [4.78, 5) is 11.2. The first-order valence-corrected chi connectivity index (χ1v) is 11.3. The maximum absolute atomic E-state index is 6.04. The number of aliphatic imine (C=N–C) groups is 1. The molecule has 0 atom stereocenters. The predicted octanol–water partition coefficient (Wildman–Crippen LogP) is 7.43. The Labute approximate surface area is 191 Å². The molecule has 1 aromatic heterocycles. The SMILES string of the molecule is C=C1c2sc(-c3ccc(Cl)cc3)cc2N=CN1c1ccc2cc(CN(C)C)ccc2c1. The van der Waals surface area contributed by atoms with Crippen LogP contribution in [0.5, 0.6) is 0 Å². The Kier molecular flexibility index (Phi) is 5.14. The molecule has 3 aromatic carbocycles. The monoisotopic (exact) mass is 443 g/mol. The quantitative estimate of drug-likeness (QED) is 0.326. The fraction of sp³-hybridized carbons (Fsp3) is 0.115. The van der Waals surface area contributed by atoms with E-state index in [4.69, 9.17) is 16.6 Å². The Morgan fingerprint density at radius 2 is 1.71 bits per heavy atom. The van der Waals surface area contributed by atoms with Crippen LogP contribution >= 0.6 is 22.9 Å². The van der Waals surface area contributed by atoms with Crippen LogP contribution in [0.4, 0.5) is 11.4 Å². The number of thiophene rings is 1. The number of hydrogen-bond acceptors (Lipinski definition) is 4. The molecule has 5 rings (SSSR count). The van der Waals surface area contributed by atoms with Gasteiger partial charge in [-0.25, -0.2) is 4.99 Å². The molecule has 0 aliphatic carbocycles. The summed E-state index contributed by atoms with van der Waals surface area (Å²) < 4.78 is 0. The third kappa shape index (κ3) is 3.90. The second-order valence-electron chi connectivity index (χ2n) is 8.00. The number of fused-ring (bicyclic) bond motifs is 2. The minimum Gasteiger partial charge on any atom is -0.305 e. The molecule has 0 radical (unpaired) electrons. The van der Waals surface area contributed by atoms with Gasteiger partial charge in [0.05, 0.1) is 16.3 Å². The summed E-state index contributed by atoms with van der Waals surface area (Å²) in [6.45, 7) is 5.31. The van der Waals surface area contributed by atoms with Gasteiger partial charge in [-0.1, -0.05) is 48.5 Å². The van der Waals surface area contributed by atoms with Crippen molar-refractivity contribution < 1.29 is 0 Å². The highest BCUT2D eigenvalue weighted by Crippen LogP contribution is 2.44. The van der Waals surface area contributed by atoms with E-state index in [-0.39, 0.29) is 0 Å². The van der Waals surface area contributed by atoms with Gasteiger partial charge in [-0.2, -0.15) is 0 Å². The molecule has 0 spiro atoms. The van der Waals surface area contributed by atoms with Crippen LogP contribution in [0, 0.1) is 0 Å². The Hall–Kier alpha value is -2.92. The molecule has 0 bridgehead atoms. The van der Waals surface area contributed by atoms with Crippen molar-refractivity contribution in [2.24, 2.45) is 4.99 Å². The lowest BCUT2D eigenvalue weighted by Gasteiger charge is -2.25. The largest absolute Gasteiger partial charge is 0.305 e. The molecule has 0 N–H and O–H groups in total. The fourth-order valence-corrected chi connectivity index (χ4v) is 5.06. The molecule has 5 heteroatoms. The van der Waals surface area contributed by atoms with Gasteiger partial charge in [0.15, 0.2) is 0 Å². The van der Waals surface area contributed by atoms with Crippen LogP contribution in [0.3, 0.4) is 0 Å². The molecule has 0 amide bonds. The molecule has 3 nitrogen and oxygen atoms in total. The number of hydrogen-bond donors (Lipinski definition) is 0. The number of halogens is 1. The van der Waals surface area contributed by atoms with Gasteiger partial charge in [-0.3, -0.25) is 0 Å². The highest BCUT2D eigenvalue weighted by atomic mass is 35.5. The minimum atomic E-state index is 0.740. The number of benzene rings is 3. The van der Waals surface area contributed by atoms with Crippen molar-refractivity contribution in [3.8, 4) is 10.4 Å². The van der Waals surface area contributed by atoms with E-state index in [1.807, 2.05) is 30.6 Å². The van der Waals surface area contributed by atoms with Crippen molar-refractivity contribution in [3.05, 3.63) is 88.8 Å². The van der Waals surface area contributed by atoms with Gasteiger partial charge in [0, 0.05) is 22.1 Å². The normalized spacial score (nSPS) is 13.3. The van der Waals surface area contributed by atoms with Gasteiger partial charge in [-0.15, -0.1) is 11.3 Å². The van der Waals surface area contributed by atoms with Gasteiger partial charge in [0.25, 0.3) is 0 Å². The second kappa shape index (κ2) is 7.97. The molecule has 0 unspecified atom stereocenters. The zero-order valence-corrected chi connectivity index (χ0v) is 19.0. The summed E-state index contributed by atoms with van der Waals surface area (Å²) in [5.74, 6) is 0. The predicted molar refractivity (Wildman–Crippen MR) is 136 cm³/mol. The zero-order chi connectivity index (χ0) is 21.5. The van der Waals surface area contributed by atoms with Crippen molar-refractivity contribution in [2.45, 2.75) is 6.54 Å². The molecule has 1 aliphatic heterocycles. The fourth-order valence-electron chi connectivity index (χ4n) is 3.86. The summed E-state index contributed by atoms with van der Waals surface area (Å²) >= 11 is 7.75. The highest BCUT2D eigenvalue weighted by Gasteiger charge is 2.22. The van der Waals surface area contributed by atoms with Crippen molar-refractivity contribution in [1.82, 2.24) is 4.90 Å². The van der Waals surface area contributed by atoms with E-state index in [1.54, 1.807) is 11.3 Å². The van der Waals surface area contributed by atoms with E-state index in [0.29, 0.717) is 0 Å². The Balaban J connectivity index is 1.45. The first-order valence-electron chi connectivity index (χ1n) is 10.1. The van der Waals surface area contributed by atoms with E-state index >= 15 is 0 Å². The van der Waals surface area contributed by atoms with Crippen molar-refractivity contribution in [3.63, 3.8) is 0 Å². The first-order chi connectivity index (χ1) is 15.0. The zero-order valence-electron chi connectivity index (χ0n) is 17.5. The summed E-state index contributed by atoms with van der Waals surface area (Å²) in [6, 6.07) is 23.2. The Morgan fingerprint density at radius 3 is 2.48 bits per heavy atom. The van der Waals surface area contributed by atoms with Crippen LogP contribution in [-0.2, 0) is 6.54 Å². The lowest BCUT2D eigenvalue weighted by atomic mass is 10.1. The van der Waals surface area contributed by atoms with Crippen LogP contribution < -0.4 is 4.90 Å². The summed E-state index contributed by atoms with van der Waals surface area (Å²) in [7, 11) is 4.18. The van der Waals surface area contributed by atoms with E-state index in [0.717, 1.165) is 44.0 Å². The third-order valence-corrected chi connectivity index (χ3v) is 6.85. The van der Waals surface area contributed by atoms with Gasteiger partial charge in [0.1, 0.15) is 6.34 Å². The molecular formula is C26H22ClN3S. The lowest BCUT2D eigenvalue weighted by Crippen LogP contribution is -2.20. The first kappa shape index (κ1) is 20.0. The second-order valence-corrected chi connectivity index (χ2v) is 9.49. The van der Waals surface area contributed by atoms with E-state index < -0.39 is 0 Å². The molecule has 154 valence electrons. The number of rotatable bonds is 4. The van der Waals surface area contributed by atoms with E-state index in [2.05, 4.69) is 72.9 Å². The molecule has 0 saturated heterocycles. The molecular weight excluding hydrogens is 422 g/mol. The van der Waals surface area contributed by atoms with Crippen LogP contribution in [0.2, 0.25) is 5.02 Å². The topological polar surface area (TPSA) is 18.8 Å². The molecule has 1 aliphatic rings. The van der Waals surface area contributed by atoms with Gasteiger partial charge < -0.3 is 9.80 Å². The summed E-state index contributed by atoms with van der Waals surface area (Å²) in [5, 5.41) is 3.19. The molecule has 0 fully saturated rings. The van der Waals surface area contributed by atoms with Crippen molar-refractivity contribution in [2.75, 3.05) is 19.0 Å². The van der Waals surface area contributed by atoms with Gasteiger partial charge >= 0.3 is 0 Å².